The summed E-state index contributed by atoms with van der Waals surface area (Å²) in [6, 6.07) is 12.9. The van der Waals surface area contributed by atoms with E-state index in [2.05, 4.69) is 21.2 Å². The standard InChI is InChI=1S/C13H11BrClNO/c14-11-4-2-1-3-9(11)8-16-12-7-10(15)5-6-13(12)17/h1-7,16-17H,8H2. The van der Waals surface area contributed by atoms with Crippen molar-refractivity contribution in [1.29, 1.82) is 0 Å². The van der Waals surface area contributed by atoms with Gasteiger partial charge in [0.1, 0.15) is 5.75 Å². The van der Waals surface area contributed by atoms with Crippen molar-refractivity contribution < 1.29 is 5.11 Å². The quantitative estimate of drug-likeness (QED) is 0.822. The van der Waals surface area contributed by atoms with Gasteiger partial charge < -0.3 is 10.4 Å². The van der Waals surface area contributed by atoms with Crippen molar-refractivity contribution in [2.75, 3.05) is 5.32 Å². The summed E-state index contributed by atoms with van der Waals surface area (Å²) in [5.41, 5.74) is 1.75. The van der Waals surface area contributed by atoms with Crippen LogP contribution in [0.3, 0.4) is 0 Å². The molecule has 0 aromatic heterocycles. The first kappa shape index (κ1) is 12.3. The van der Waals surface area contributed by atoms with Crippen LogP contribution in [0.4, 0.5) is 5.69 Å². The lowest BCUT2D eigenvalue weighted by atomic mass is 10.2. The highest BCUT2D eigenvalue weighted by atomic mass is 79.9. The third kappa shape index (κ3) is 3.14. The van der Waals surface area contributed by atoms with Crippen LogP contribution in [0, 0.1) is 0 Å². The van der Waals surface area contributed by atoms with Crippen molar-refractivity contribution in [3.63, 3.8) is 0 Å². The number of benzene rings is 2. The topological polar surface area (TPSA) is 32.3 Å². The van der Waals surface area contributed by atoms with Crippen LogP contribution >= 0.6 is 27.5 Å². The molecule has 0 aliphatic heterocycles. The van der Waals surface area contributed by atoms with Crippen LogP contribution < -0.4 is 5.32 Å². The van der Waals surface area contributed by atoms with Crippen molar-refractivity contribution in [3.8, 4) is 5.75 Å². The largest absolute Gasteiger partial charge is 0.506 e. The lowest BCUT2D eigenvalue weighted by molar-refractivity contribution is 0.477. The van der Waals surface area contributed by atoms with Crippen LogP contribution in [-0.2, 0) is 6.54 Å². The molecular weight excluding hydrogens is 302 g/mol. The Morgan fingerprint density at radius 2 is 1.94 bits per heavy atom. The maximum atomic E-state index is 9.65. The minimum absolute atomic E-state index is 0.196. The highest BCUT2D eigenvalue weighted by Gasteiger charge is 2.03. The van der Waals surface area contributed by atoms with Gasteiger partial charge in [0.25, 0.3) is 0 Å². The molecule has 2 rings (SSSR count). The fourth-order valence-electron chi connectivity index (χ4n) is 1.48. The molecule has 0 unspecified atom stereocenters. The van der Waals surface area contributed by atoms with Gasteiger partial charge in [-0.3, -0.25) is 0 Å². The highest BCUT2D eigenvalue weighted by molar-refractivity contribution is 9.10. The molecule has 2 aromatic carbocycles. The molecule has 0 amide bonds. The number of hydrogen-bond acceptors (Lipinski definition) is 2. The third-order valence-corrected chi connectivity index (χ3v) is 3.39. The van der Waals surface area contributed by atoms with E-state index in [1.807, 2.05) is 24.3 Å². The summed E-state index contributed by atoms with van der Waals surface area (Å²) in [6.07, 6.45) is 0. The van der Waals surface area contributed by atoms with E-state index in [0.717, 1.165) is 10.0 Å². The zero-order valence-electron chi connectivity index (χ0n) is 8.95. The number of phenolic OH excluding ortho intramolecular Hbond substituents is 1. The summed E-state index contributed by atoms with van der Waals surface area (Å²) in [5.74, 6) is 0.196. The second kappa shape index (κ2) is 5.43. The Balaban J connectivity index is 2.12. The number of hydrogen-bond donors (Lipinski definition) is 2. The molecule has 88 valence electrons. The van der Waals surface area contributed by atoms with E-state index < -0.39 is 0 Å². The Kier molecular flexibility index (Phi) is 3.92. The number of phenols is 1. The predicted octanol–water partition coefficient (Wildman–Crippen LogP) is 4.42. The molecule has 0 saturated heterocycles. The summed E-state index contributed by atoms with van der Waals surface area (Å²) in [7, 11) is 0. The summed E-state index contributed by atoms with van der Waals surface area (Å²) in [5, 5.41) is 13.4. The van der Waals surface area contributed by atoms with E-state index in [0.29, 0.717) is 17.3 Å². The number of halogens is 2. The van der Waals surface area contributed by atoms with Crippen molar-refractivity contribution in [1.82, 2.24) is 0 Å². The van der Waals surface area contributed by atoms with E-state index in [1.165, 1.54) is 0 Å². The van der Waals surface area contributed by atoms with E-state index in [4.69, 9.17) is 11.6 Å². The van der Waals surface area contributed by atoms with Crippen LogP contribution in [0.5, 0.6) is 5.75 Å². The molecule has 0 bridgehead atoms. The number of anilines is 1. The molecule has 4 heteroatoms. The van der Waals surface area contributed by atoms with Gasteiger partial charge in [-0.2, -0.15) is 0 Å². The third-order valence-electron chi connectivity index (χ3n) is 2.39. The second-order valence-corrected chi connectivity index (χ2v) is 4.90. The molecule has 2 N–H and O–H groups in total. The lowest BCUT2D eigenvalue weighted by Gasteiger charge is -2.10. The normalized spacial score (nSPS) is 10.2. The van der Waals surface area contributed by atoms with E-state index in [1.54, 1.807) is 18.2 Å². The molecule has 0 fully saturated rings. The van der Waals surface area contributed by atoms with Gasteiger partial charge in [0.15, 0.2) is 0 Å². The van der Waals surface area contributed by atoms with Gasteiger partial charge in [0, 0.05) is 16.0 Å². The molecule has 2 nitrogen and oxygen atoms in total. The number of rotatable bonds is 3. The van der Waals surface area contributed by atoms with Gasteiger partial charge >= 0.3 is 0 Å². The minimum Gasteiger partial charge on any atom is -0.506 e. The molecule has 0 radical (unpaired) electrons. The molecule has 0 heterocycles. The lowest BCUT2D eigenvalue weighted by Crippen LogP contribution is -2.00. The first-order chi connectivity index (χ1) is 8.16. The zero-order valence-corrected chi connectivity index (χ0v) is 11.3. The molecular formula is C13H11BrClNO. The van der Waals surface area contributed by atoms with Crippen LogP contribution in [-0.4, -0.2) is 5.11 Å². The van der Waals surface area contributed by atoms with Crippen LogP contribution in [0.1, 0.15) is 5.56 Å². The van der Waals surface area contributed by atoms with Gasteiger partial charge in [-0.05, 0) is 29.8 Å². The van der Waals surface area contributed by atoms with Gasteiger partial charge in [-0.25, -0.2) is 0 Å². The first-order valence-electron chi connectivity index (χ1n) is 5.12. The van der Waals surface area contributed by atoms with Gasteiger partial charge in [-0.15, -0.1) is 0 Å². The van der Waals surface area contributed by atoms with Crippen molar-refractivity contribution in [3.05, 3.63) is 57.5 Å². The Morgan fingerprint density at radius 3 is 2.71 bits per heavy atom. The second-order valence-electron chi connectivity index (χ2n) is 3.61. The molecule has 0 aliphatic carbocycles. The fraction of sp³-hybridized carbons (Fsp3) is 0.0769. The monoisotopic (exact) mass is 311 g/mol. The summed E-state index contributed by atoms with van der Waals surface area (Å²) in [6.45, 7) is 0.620. The Bertz CT molecular complexity index is 531. The maximum Gasteiger partial charge on any atom is 0.138 e. The summed E-state index contributed by atoms with van der Waals surface area (Å²) in [4.78, 5) is 0. The summed E-state index contributed by atoms with van der Waals surface area (Å²) >= 11 is 9.34. The van der Waals surface area contributed by atoms with Gasteiger partial charge in [-0.1, -0.05) is 45.7 Å². The minimum atomic E-state index is 0.196. The number of aromatic hydroxyl groups is 1. The number of nitrogens with one attached hydrogen (secondary N) is 1. The molecule has 0 atom stereocenters. The average Bonchev–Trinajstić information content (AvgIpc) is 2.32. The van der Waals surface area contributed by atoms with Gasteiger partial charge in [0.2, 0.25) is 0 Å². The van der Waals surface area contributed by atoms with Crippen molar-refractivity contribution in [2.24, 2.45) is 0 Å². The molecule has 17 heavy (non-hydrogen) atoms. The Labute approximate surface area is 113 Å². The van der Waals surface area contributed by atoms with Crippen LogP contribution in [0.25, 0.3) is 0 Å². The Morgan fingerprint density at radius 1 is 1.18 bits per heavy atom. The zero-order chi connectivity index (χ0) is 12.3. The molecule has 0 spiro atoms. The fourth-order valence-corrected chi connectivity index (χ4v) is 2.08. The average molecular weight is 313 g/mol. The molecule has 0 aliphatic rings. The van der Waals surface area contributed by atoms with Crippen LogP contribution in [0.15, 0.2) is 46.9 Å². The van der Waals surface area contributed by atoms with E-state index in [9.17, 15) is 5.11 Å². The highest BCUT2D eigenvalue weighted by Crippen LogP contribution is 2.27. The van der Waals surface area contributed by atoms with Crippen LogP contribution in [0.2, 0.25) is 5.02 Å². The summed E-state index contributed by atoms with van der Waals surface area (Å²) < 4.78 is 1.04. The smallest absolute Gasteiger partial charge is 0.138 e. The SMILES string of the molecule is Oc1ccc(Cl)cc1NCc1ccccc1Br. The predicted molar refractivity (Wildman–Crippen MR) is 74.6 cm³/mol. The van der Waals surface area contributed by atoms with Crippen molar-refractivity contribution >= 4 is 33.2 Å². The Hall–Kier alpha value is -1.19. The van der Waals surface area contributed by atoms with E-state index in [-0.39, 0.29) is 5.75 Å². The first-order valence-corrected chi connectivity index (χ1v) is 6.30. The van der Waals surface area contributed by atoms with E-state index >= 15 is 0 Å². The molecule has 2 aromatic rings. The van der Waals surface area contributed by atoms with Gasteiger partial charge in [0.05, 0.1) is 5.69 Å². The molecule has 0 saturated carbocycles. The maximum absolute atomic E-state index is 9.65. The van der Waals surface area contributed by atoms with Crippen molar-refractivity contribution in [2.45, 2.75) is 6.54 Å².